The number of nitrogens with two attached hydrogens (primary N) is 1. The summed E-state index contributed by atoms with van der Waals surface area (Å²) in [6.07, 6.45) is 0.445. The van der Waals surface area contributed by atoms with Crippen LogP contribution in [0.2, 0.25) is 0 Å². The number of hydrogen-bond acceptors (Lipinski definition) is 6. The highest BCUT2D eigenvalue weighted by molar-refractivity contribution is 5.76. The largest absolute Gasteiger partial charge is 0.416 e. The first kappa shape index (κ1) is 22.3. The van der Waals surface area contributed by atoms with E-state index in [9.17, 15) is 17.6 Å². The Morgan fingerprint density at radius 2 is 1.88 bits per heavy atom. The third-order valence-corrected chi connectivity index (χ3v) is 5.87. The molecule has 0 radical (unpaired) electrons. The highest BCUT2D eigenvalue weighted by Crippen LogP contribution is 2.38. The molecule has 0 spiro atoms. The average molecular weight is 451 g/mol. The number of nitrogens with one attached hydrogen (secondary N) is 1. The molecule has 3 N–H and O–H groups in total. The summed E-state index contributed by atoms with van der Waals surface area (Å²) in [5.41, 5.74) is 5.61. The van der Waals surface area contributed by atoms with Gasteiger partial charge in [-0.05, 0) is 56.3 Å². The number of benzene rings is 1. The van der Waals surface area contributed by atoms with Crippen molar-refractivity contribution in [1.82, 2.24) is 19.5 Å². The minimum Gasteiger partial charge on any atom is -0.347 e. The van der Waals surface area contributed by atoms with E-state index in [4.69, 9.17) is 5.73 Å². The van der Waals surface area contributed by atoms with Gasteiger partial charge in [0.1, 0.15) is 11.3 Å². The molecule has 1 aliphatic carbocycles. The van der Waals surface area contributed by atoms with Crippen LogP contribution in [0.25, 0.3) is 11.2 Å². The van der Waals surface area contributed by atoms with Crippen molar-refractivity contribution in [2.45, 2.75) is 37.9 Å². The van der Waals surface area contributed by atoms with E-state index in [0.717, 1.165) is 37.8 Å². The van der Waals surface area contributed by atoms with Crippen LogP contribution >= 0.6 is 0 Å². The quantitative estimate of drug-likeness (QED) is 0.557. The van der Waals surface area contributed by atoms with Gasteiger partial charge in [-0.15, -0.1) is 0 Å². The van der Waals surface area contributed by atoms with E-state index in [1.165, 1.54) is 0 Å². The van der Waals surface area contributed by atoms with Crippen molar-refractivity contribution in [1.29, 1.82) is 0 Å². The molecule has 11 heteroatoms. The summed E-state index contributed by atoms with van der Waals surface area (Å²) in [5, 5.41) is 2.78. The van der Waals surface area contributed by atoms with Gasteiger partial charge >= 0.3 is 6.18 Å². The van der Waals surface area contributed by atoms with Crippen LogP contribution in [0.15, 0.2) is 24.4 Å². The van der Waals surface area contributed by atoms with Gasteiger partial charge in [0.05, 0.1) is 17.4 Å². The van der Waals surface area contributed by atoms with Gasteiger partial charge < -0.3 is 16.0 Å². The molecule has 1 fully saturated rings. The van der Waals surface area contributed by atoms with Gasteiger partial charge in [0.2, 0.25) is 11.9 Å². The molecule has 2 aromatic heterocycles. The van der Waals surface area contributed by atoms with Crippen molar-refractivity contribution < 1.29 is 17.6 Å². The Bertz CT molecular complexity index is 1100. The molecule has 0 bridgehead atoms. The molecule has 0 amide bonds. The van der Waals surface area contributed by atoms with Crippen molar-refractivity contribution in [3.63, 3.8) is 0 Å². The summed E-state index contributed by atoms with van der Waals surface area (Å²) in [7, 11) is 3.62. The molecule has 4 rings (SSSR count). The summed E-state index contributed by atoms with van der Waals surface area (Å²) in [5.74, 6) is 0.347. The summed E-state index contributed by atoms with van der Waals surface area (Å²) in [6, 6.07) is 2.27. The second kappa shape index (κ2) is 8.53. The van der Waals surface area contributed by atoms with Crippen LogP contribution in [0.4, 0.5) is 35.1 Å². The van der Waals surface area contributed by atoms with Gasteiger partial charge in [0, 0.05) is 20.1 Å². The lowest BCUT2D eigenvalue weighted by molar-refractivity contribution is -0.137. The number of hydrogen-bond donors (Lipinski definition) is 2. The third-order valence-electron chi connectivity index (χ3n) is 5.87. The lowest BCUT2D eigenvalue weighted by Crippen LogP contribution is -2.24. The minimum atomic E-state index is -4.59. The fourth-order valence-corrected chi connectivity index (χ4v) is 4.09. The van der Waals surface area contributed by atoms with Crippen molar-refractivity contribution in [2.24, 2.45) is 11.7 Å². The number of imidazole rings is 1. The number of rotatable bonds is 5. The van der Waals surface area contributed by atoms with Gasteiger partial charge in [-0.1, -0.05) is 0 Å². The van der Waals surface area contributed by atoms with Gasteiger partial charge in [0.15, 0.2) is 5.65 Å². The highest BCUT2D eigenvalue weighted by Gasteiger charge is 2.32. The third kappa shape index (κ3) is 4.34. The zero-order valence-electron chi connectivity index (χ0n) is 17.8. The summed E-state index contributed by atoms with van der Waals surface area (Å²) in [4.78, 5) is 15.1. The maximum absolute atomic E-state index is 14.4. The maximum Gasteiger partial charge on any atom is 0.416 e. The molecule has 7 nitrogen and oxygen atoms in total. The maximum atomic E-state index is 14.4. The van der Waals surface area contributed by atoms with Crippen LogP contribution in [0, 0.1) is 11.7 Å². The van der Waals surface area contributed by atoms with Crippen LogP contribution in [-0.2, 0) is 6.18 Å². The molecule has 0 atom stereocenters. The van der Waals surface area contributed by atoms with Crippen LogP contribution in [-0.4, -0.2) is 40.2 Å². The fraction of sp³-hybridized carbons (Fsp3) is 0.476. The van der Waals surface area contributed by atoms with Crippen molar-refractivity contribution >= 4 is 28.7 Å². The van der Waals surface area contributed by atoms with Gasteiger partial charge in [0.25, 0.3) is 0 Å². The predicted molar refractivity (Wildman–Crippen MR) is 114 cm³/mol. The molecule has 1 aliphatic rings. The molecule has 0 saturated heterocycles. The van der Waals surface area contributed by atoms with Crippen molar-refractivity contribution in [3.8, 4) is 0 Å². The Hall–Kier alpha value is -2.95. The highest BCUT2D eigenvalue weighted by atomic mass is 19.4. The zero-order chi connectivity index (χ0) is 23.0. The fourth-order valence-electron chi connectivity index (χ4n) is 4.09. The predicted octanol–water partition coefficient (Wildman–Crippen LogP) is 4.48. The normalized spacial score (nSPS) is 19.3. The Morgan fingerprint density at radius 3 is 2.50 bits per heavy atom. The monoisotopic (exact) mass is 451 g/mol. The molecule has 3 aromatic rings. The molecule has 1 saturated carbocycles. The summed E-state index contributed by atoms with van der Waals surface area (Å²) in [6.45, 7) is 0.616. The number of aromatic nitrogens is 4. The minimum absolute atomic E-state index is 0.00377. The first-order valence-electron chi connectivity index (χ1n) is 10.4. The van der Waals surface area contributed by atoms with E-state index in [1.54, 1.807) is 11.1 Å². The Morgan fingerprint density at radius 1 is 1.16 bits per heavy atom. The van der Waals surface area contributed by atoms with Crippen molar-refractivity contribution in [2.75, 3.05) is 30.9 Å². The smallest absolute Gasteiger partial charge is 0.347 e. The lowest BCUT2D eigenvalue weighted by atomic mass is 9.86. The first-order valence-corrected chi connectivity index (χ1v) is 10.4. The van der Waals surface area contributed by atoms with Crippen LogP contribution < -0.4 is 16.0 Å². The first-order chi connectivity index (χ1) is 15.2. The second-order valence-corrected chi connectivity index (χ2v) is 8.31. The lowest BCUT2D eigenvalue weighted by Gasteiger charge is -2.30. The number of fused-ring (bicyclic) bond motifs is 1. The van der Waals surface area contributed by atoms with Crippen molar-refractivity contribution in [3.05, 3.63) is 35.8 Å². The zero-order valence-corrected chi connectivity index (χ0v) is 17.8. The van der Waals surface area contributed by atoms with E-state index in [2.05, 4.69) is 20.3 Å². The number of alkyl halides is 3. The van der Waals surface area contributed by atoms with E-state index < -0.39 is 17.6 Å². The molecule has 0 unspecified atom stereocenters. The molecule has 2 heterocycles. The number of halogens is 4. The van der Waals surface area contributed by atoms with Gasteiger partial charge in [-0.3, -0.25) is 4.57 Å². The van der Waals surface area contributed by atoms with Crippen LogP contribution in [0.5, 0.6) is 0 Å². The second-order valence-electron chi connectivity index (χ2n) is 8.31. The molecule has 172 valence electrons. The Labute approximate surface area is 182 Å². The van der Waals surface area contributed by atoms with Gasteiger partial charge in [-0.25, -0.2) is 14.4 Å². The Kier molecular flexibility index (Phi) is 5.93. The number of anilines is 3. The van der Waals surface area contributed by atoms with E-state index in [-0.39, 0.29) is 17.7 Å². The molecule has 0 aliphatic heterocycles. The van der Waals surface area contributed by atoms with E-state index in [0.29, 0.717) is 35.6 Å². The Balaban J connectivity index is 1.79. The van der Waals surface area contributed by atoms with Gasteiger partial charge in [-0.2, -0.15) is 18.2 Å². The standard InChI is InChI=1S/C21H25F4N7/c1-31(2)19-27-11-17-18(30-19)32(14-6-3-12(10-26)4-7-14)20(29-17)28-16-9-13(21(23,24)25)5-8-15(16)22/h5,8-9,11-12,14H,3-4,6-7,10,26H2,1-2H3,(H,28,29)/t12-,14-. The van der Waals surface area contributed by atoms with E-state index >= 15 is 0 Å². The molecular weight excluding hydrogens is 426 g/mol. The number of nitrogens with zero attached hydrogens (tertiary/aromatic N) is 5. The molecule has 32 heavy (non-hydrogen) atoms. The summed E-state index contributed by atoms with van der Waals surface area (Å²) < 4.78 is 55.8. The van der Waals surface area contributed by atoms with E-state index in [1.807, 2.05) is 18.7 Å². The van der Waals surface area contributed by atoms with Crippen LogP contribution in [0.1, 0.15) is 37.3 Å². The molecule has 1 aromatic carbocycles. The SMILES string of the molecule is CN(C)c1ncc2nc(Nc3cc(C(F)(F)F)ccc3F)n([C@H]3CC[C@H](CN)CC3)c2n1. The topological polar surface area (TPSA) is 84.9 Å². The average Bonchev–Trinajstić information content (AvgIpc) is 3.11. The summed E-state index contributed by atoms with van der Waals surface area (Å²) >= 11 is 0. The van der Waals surface area contributed by atoms with Crippen LogP contribution in [0.3, 0.4) is 0 Å². The molecular formula is C21H25F4N7.